The van der Waals surface area contributed by atoms with Crippen molar-refractivity contribution >= 4 is 0 Å². The summed E-state index contributed by atoms with van der Waals surface area (Å²) in [4.78, 5) is 12.5. The molecule has 0 atom stereocenters. The van der Waals surface area contributed by atoms with Gasteiger partial charge in [-0.3, -0.25) is 0 Å². The number of aromatic nitrogens is 3. The van der Waals surface area contributed by atoms with Crippen molar-refractivity contribution in [3.05, 3.63) is 55.1 Å². The Morgan fingerprint density at radius 3 is 2.22 bits per heavy atom. The minimum Gasteiger partial charge on any atom is -0.496 e. The molecule has 0 saturated carbocycles. The van der Waals surface area contributed by atoms with Gasteiger partial charge in [0.15, 0.2) is 0 Å². The number of nitrogens with zero attached hydrogens (tertiary/aromatic N) is 3. The van der Waals surface area contributed by atoms with Gasteiger partial charge in [-0.15, -0.1) is 0 Å². The highest BCUT2D eigenvalue weighted by molar-refractivity contribution is 5.64. The molecule has 0 fully saturated rings. The number of methoxy groups -OCH3 is 2. The normalized spacial score (nSPS) is 10.2. The summed E-state index contributed by atoms with van der Waals surface area (Å²) in [6.07, 6.45) is 4.83. The van der Waals surface area contributed by atoms with Crippen LogP contribution >= 0.6 is 0 Å². The van der Waals surface area contributed by atoms with Gasteiger partial charge < -0.3 is 14.2 Å². The first-order chi connectivity index (χ1) is 11.3. The molecule has 0 spiro atoms. The van der Waals surface area contributed by atoms with Gasteiger partial charge in [0.1, 0.15) is 23.6 Å². The second kappa shape index (κ2) is 6.74. The van der Waals surface area contributed by atoms with Crippen LogP contribution in [0.25, 0.3) is 11.3 Å². The molecule has 116 valence electrons. The third kappa shape index (κ3) is 3.37. The second-order valence-corrected chi connectivity index (χ2v) is 4.60. The van der Waals surface area contributed by atoms with E-state index in [0.29, 0.717) is 23.1 Å². The average molecular weight is 309 g/mol. The average Bonchev–Trinajstić information content (AvgIpc) is 2.62. The van der Waals surface area contributed by atoms with Gasteiger partial charge in [-0.2, -0.15) is 0 Å². The Kier molecular flexibility index (Phi) is 4.33. The van der Waals surface area contributed by atoms with Crippen LogP contribution in [0.1, 0.15) is 0 Å². The molecule has 0 bridgehead atoms. The highest BCUT2D eigenvalue weighted by Gasteiger charge is 2.11. The summed E-state index contributed by atoms with van der Waals surface area (Å²) in [5, 5.41) is 0. The van der Waals surface area contributed by atoms with Crippen LogP contribution in [0.3, 0.4) is 0 Å². The standard InChI is InChI=1S/C17H15N3O3/c1-21-12-8-13(22-2)10-14(9-12)23-17-15(4-3-6-19-17)16-5-7-18-11-20-16/h3-11H,1-2H3. The first-order valence-electron chi connectivity index (χ1n) is 6.92. The summed E-state index contributed by atoms with van der Waals surface area (Å²) in [6, 6.07) is 10.8. The lowest BCUT2D eigenvalue weighted by molar-refractivity contribution is 0.385. The van der Waals surface area contributed by atoms with E-state index in [1.165, 1.54) is 6.33 Å². The summed E-state index contributed by atoms with van der Waals surface area (Å²) in [6.45, 7) is 0. The van der Waals surface area contributed by atoms with E-state index in [1.807, 2.05) is 12.1 Å². The van der Waals surface area contributed by atoms with E-state index < -0.39 is 0 Å². The van der Waals surface area contributed by atoms with E-state index in [9.17, 15) is 0 Å². The molecule has 2 aromatic heterocycles. The molecule has 6 nitrogen and oxygen atoms in total. The van der Waals surface area contributed by atoms with Crippen LogP contribution in [0, 0.1) is 0 Å². The minimum absolute atomic E-state index is 0.446. The number of ether oxygens (including phenoxy) is 3. The Morgan fingerprint density at radius 2 is 1.57 bits per heavy atom. The zero-order chi connectivity index (χ0) is 16.1. The van der Waals surface area contributed by atoms with Crippen molar-refractivity contribution < 1.29 is 14.2 Å². The number of pyridine rings is 1. The summed E-state index contributed by atoms with van der Waals surface area (Å²) in [7, 11) is 3.18. The molecular formula is C17H15N3O3. The maximum Gasteiger partial charge on any atom is 0.228 e. The van der Waals surface area contributed by atoms with Crippen molar-refractivity contribution in [2.75, 3.05) is 14.2 Å². The van der Waals surface area contributed by atoms with Gasteiger partial charge in [-0.05, 0) is 18.2 Å². The highest BCUT2D eigenvalue weighted by atomic mass is 16.5. The largest absolute Gasteiger partial charge is 0.496 e. The van der Waals surface area contributed by atoms with Gasteiger partial charge in [0.2, 0.25) is 5.88 Å². The third-order valence-corrected chi connectivity index (χ3v) is 3.17. The first-order valence-corrected chi connectivity index (χ1v) is 6.92. The maximum atomic E-state index is 5.92. The Labute approximate surface area is 133 Å². The van der Waals surface area contributed by atoms with E-state index >= 15 is 0 Å². The van der Waals surface area contributed by atoms with E-state index in [-0.39, 0.29) is 0 Å². The van der Waals surface area contributed by atoms with E-state index in [2.05, 4.69) is 15.0 Å². The van der Waals surface area contributed by atoms with Crippen LogP contribution in [0.5, 0.6) is 23.1 Å². The lowest BCUT2D eigenvalue weighted by Crippen LogP contribution is -1.94. The minimum atomic E-state index is 0.446. The highest BCUT2D eigenvalue weighted by Crippen LogP contribution is 2.33. The quantitative estimate of drug-likeness (QED) is 0.720. The zero-order valence-electron chi connectivity index (χ0n) is 12.8. The third-order valence-electron chi connectivity index (χ3n) is 3.17. The molecule has 0 aliphatic heterocycles. The lowest BCUT2D eigenvalue weighted by atomic mass is 10.2. The van der Waals surface area contributed by atoms with Crippen LogP contribution in [-0.2, 0) is 0 Å². The van der Waals surface area contributed by atoms with Crippen LogP contribution < -0.4 is 14.2 Å². The van der Waals surface area contributed by atoms with Crippen LogP contribution in [0.2, 0.25) is 0 Å². The molecule has 0 unspecified atom stereocenters. The molecule has 0 aliphatic carbocycles. The summed E-state index contributed by atoms with van der Waals surface area (Å²) < 4.78 is 16.4. The Hall–Kier alpha value is -3.15. The van der Waals surface area contributed by atoms with E-state index in [0.717, 1.165) is 11.3 Å². The van der Waals surface area contributed by atoms with E-state index in [4.69, 9.17) is 14.2 Å². The summed E-state index contributed by atoms with van der Waals surface area (Å²) in [5.74, 6) is 2.29. The molecular weight excluding hydrogens is 294 g/mol. The Balaban J connectivity index is 1.98. The fourth-order valence-electron chi connectivity index (χ4n) is 2.07. The molecule has 0 radical (unpaired) electrons. The fraction of sp³-hybridized carbons (Fsp3) is 0.118. The second-order valence-electron chi connectivity index (χ2n) is 4.60. The zero-order valence-corrected chi connectivity index (χ0v) is 12.8. The molecule has 6 heteroatoms. The van der Waals surface area contributed by atoms with Gasteiger partial charge in [-0.25, -0.2) is 15.0 Å². The van der Waals surface area contributed by atoms with Gasteiger partial charge in [0.25, 0.3) is 0 Å². The van der Waals surface area contributed by atoms with Crippen molar-refractivity contribution in [1.82, 2.24) is 15.0 Å². The van der Waals surface area contributed by atoms with Gasteiger partial charge in [-0.1, -0.05) is 0 Å². The Bertz CT molecular complexity index is 772. The number of hydrogen-bond acceptors (Lipinski definition) is 6. The van der Waals surface area contributed by atoms with Gasteiger partial charge in [0, 0.05) is 30.6 Å². The summed E-state index contributed by atoms with van der Waals surface area (Å²) >= 11 is 0. The molecule has 0 aliphatic rings. The van der Waals surface area contributed by atoms with Crippen molar-refractivity contribution in [3.8, 4) is 34.4 Å². The predicted molar refractivity (Wildman–Crippen MR) is 84.9 cm³/mol. The number of benzene rings is 1. The Morgan fingerprint density at radius 1 is 0.826 bits per heavy atom. The van der Waals surface area contributed by atoms with Crippen LogP contribution in [0.4, 0.5) is 0 Å². The monoisotopic (exact) mass is 309 g/mol. The smallest absolute Gasteiger partial charge is 0.228 e. The number of hydrogen-bond donors (Lipinski definition) is 0. The fourth-order valence-corrected chi connectivity index (χ4v) is 2.07. The molecule has 3 aromatic rings. The molecule has 2 heterocycles. The molecule has 0 N–H and O–H groups in total. The number of rotatable bonds is 5. The topological polar surface area (TPSA) is 66.4 Å². The molecule has 3 rings (SSSR count). The van der Waals surface area contributed by atoms with E-state index in [1.54, 1.807) is 50.9 Å². The molecule has 23 heavy (non-hydrogen) atoms. The SMILES string of the molecule is COc1cc(OC)cc(Oc2ncccc2-c2ccncn2)c1. The summed E-state index contributed by atoms with van der Waals surface area (Å²) in [5.41, 5.74) is 1.51. The predicted octanol–water partition coefficient (Wildman–Crippen LogP) is 3.35. The van der Waals surface area contributed by atoms with Crippen molar-refractivity contribution in [2.45, 2.75) is 0 Å². The van der Waals surface area contributed by atoms with Crippen LogP contribution in [0.15, 0.2) is 55.1 Å². The van der Waals surface area contributed by atoms with Gasteiger partial charge >= 0.3 is 0 Å². The van der Waals surface area contributed by atoms with Crippen LogP contribution in [-0.4, -0.2) is 29.2 Å². The molecule has 0 amide bonds. The van der Waals surface area contributed by atoms with Crippen molar-refractivity contribution in [3.63, 3.8) is 0 Å². The van der Waals surface area contributed by atoms with Crippen molar-refractivity contribution in [2.24, 2.45) is 0 Å². The van der Waals surface area contributed by atoms with Crippen molar-refractivity contribution in [1.29, 1.82) is 0 Å². The first kappa shape index (κ1) is 14.8. The maximum absolute atomic E-state index is 5.92. The van der Waals surface area contributed by atoms with Gasteiger partial charge in [0.05, 0.1) is 25.5 Å². The molecule has 0 saturated heterocycles. The lowest BCUT2D eigenvalue weighted by Gasteiger charge is -2.11. The molecule has 1 aromatic carbocycles.